The van der Waals surface area contributed by atoms with E-state index in [1.807, 2.05) is 13.0 Å². The normalized spacial score (nSPS) is 13.7. The van der Waals surface area contributed by atoms with E-state index in [0.29, 0.717) is 36.1 Å². The summed E-state index contributed by atoms with van der Waals surface area (Å²) in [4.78, 5) is 32.2. The van der Waals surface area contributed by atoms with Crippen molar-refractivity contribution in [3.05, 3.63) is 42.1 Å². The Labute approximate surface area is 157 Å². The lowest BCUT2D eigenvalue weighted by atomic mass is 10.2. The van der Waals surface area contributed by atoms with Crippen LogP contribution >= 0.6 is 0 Å². The van der Waals surface area contributed by atoms with Crippen molar-refractivity contribution in [2.45, 2.75) is 6.92 Å². The van der Waals surface area contributed by atoms with E-state index in [9.17, 15) is 9.59 Å². The zero-order valence-electron chi connectivity index (χ0n) is 15.6. The minimum atomic E-state index is -0.291. The first kappa shape index (κ1) is 18.5. The Morgan fingerprint density at radius 2 is 2.00 bits per heavy atom. The molecule has 1 aliphatic heterocycles. The number of rotatable bonds is 6. The highest BCUT2D eigenvalue weighted by Gasteiger charge is 2.32. The number of urea groups is 1. The van der Waals surface area contributed by atoms with Crippen LogP contribution in [0.4, 0.5) is 16.3 Å². The number of aromatic nitrogens is 1. The molecule has 142 valence electrons. The van der Waals surface area contributed by atoms with Crippen molar-refractivity contribution in [3.63, 3.8) is 0 Å². The van der Waals surface area contributed by atoms with E-state index in [2.05, 4.69) is 10.3 Å². The average molecular weight is 370 g/mol. The summed E-state index contributed by atoms with van der Waals surface area (Å²) in [7, 11) is 3.11. The Morgan fingerprint density at radius 3 is 2.70 bits per heavy atom. The lowest BCUT2D eigenvalue weighted by Crippen LogP contribution is -2.37. The molecule has 0 bridgehead atoms. The van der Waals surface area contributed by atoms with Gasteiger partial charge in [0.15, 0.2) is 0 Å². The molecule has 2 aromatic rings. The van der Waals surface area contributed by atoms with Gasteiger partial charge in [0.25, 0.3) is 0 Å². The number of pyridine rings is 1. The number of methoxy groups -OCH3 is 2. The third-order valence-corrected chi connectivity index (χ3v) is 4.29. The van der Waals surface area contributed by atoms with E-state index in [0.717, 1.165) is 5.56 Å². The Morgan fingerprint density at radius 1 is 1.19 bits per heavy atom. The largest absolute Gasteiger partial charge is 0.497 e. The first-order valence-corrected chi connectivity index (χ1v) is 8.53. The van der Waals surface area contributed by atoms with Crippen LogP contribution in [0.15, 0.2) is 36.5 Å². The predicted molar refractivity (Wildman–Crippen MR) is 101 cm³/mol. The predicted octanol–water partition coefficient (Wildman–Crippen LogP) is 2.29. The van der Waals surface area contributed by atoms with Gasteiger partial charge in [-0.05, 0) is 36.8 Å². The summed E-state index contributed by atoms with van der Waals surface area (Å²) in [5, 5.41) is 2.72. The van der Waals surface area contributed by atoms with E-state index in [1.54, 1.807) is 49.6 Å². The topological polar surface area (TPSA) is 84.0 Å². The van der Waals surface area contributed by atoms with Crippen molar-refractivity contribution in [2.24, 2.45) is 0 Å². The van der Waals surface area contributed by atoms with Crippen molar-refractivity contribution < 1.29 is 19.1 Å². The van der Waals surface area contributed by atoms with Gasteiger partial charge in [-0.1, -0.05) is 0 Å². The minimum Gasteiger partial charge on any atom is -0.497 e. The lowest BCUT2D eigenvalue weighted by Gasteiger charge is -2.21. The van der Waals surface area contributed by atoms with Gasteiger partial charge in [0.1, 0.15) is 23.9 Å². The van der Waals surface area contributed by atoms with E-state index in [4.69, 9.17) is 9.47 Å². The first-order valence-electron chi connectivity index (χ1n) is 8.53. The van der Waals surface area contributed by atoms with Crippen LogP contribution in [0.2, 0.25) is 0 Å². The van der Waals surface area contributed by atoms with Crippen LogP contribution in [-0.2, 0) is 4.79 Å². The van der Waals surface area contributed by atoms with E-state index in [-0.39, 0.29) is 18.5 Å². The second-order valence-electron chi connectivity index (χ2n) is 6.16. The molecular formula is C19H22N4O4. The van der Waals surface area contributed by atoms with Gasteiger partial charge < -0.3 is 19.7 Å². The molecule has 0 unspecified atom stereocenters. The maximum atomic E-state index is 12.8. The number of anilines is 2. The van der Waals surface area contributed by atoms with Gasteiger partial charge in [-0.3, -0.25) is 9.69 Å². The van der Waals surface area contributed by atoms with Crippen molar-refractivity contribution >= 4 is 23.4 Å². The fourth-order valence-electron chi connectivity index (χ4n) is 2.92. The Kier molecular flexibility index (Phi) is 5.44. The minimum absolute atomic E-state index is 0.0444. The number of hydrogen-bond acceptors (Lipinski definition) is 5. The fraction of sp³-hybridized carbons (Fsp3) is 0.316. The van der Waals surface area contributed by atoms with Crippen LogP contribution in [0, 0.1) is 6.92 Å². The molecule has 1 aliphatic rings. The molecule has 2 heterocycles. The van der Waals surface area contributed by atoms with E-state index < -0.39 is 0 Å². The molecule has 1 N–H and O–H groups in total. The number of nitrogens with zero attached hydrogens (tertiary/aromatic N) is 3. The SMILES string of the molecule is COc1ccc(OC)c(N2CCN(CC(=O)Nc3cc(C)ccn3)C2=O)c1. The van der Waals surface area contributed by atoms with E-state index >= 15 is 0 Å². The van der Waals surface area contributed by atoms with Gasteiger partial charge in [-0.15, -0.1) is 0 Å². The maximum absolute atomic E-state index is 12.8. The van der Waals surface area contributed by atoms with Crippen molar-refractivity contribution in [3.8, 4) is 11.5 Å². The molecule has 1 aromatic carbocycles. The molecule has 3 rings (SSSR count). The fourth-order valence-corrected chi connectivity index (χ4v) is 2.92. The van der Waals surface area contributed by atoms with Crippen LogP contribution in [0.5, 0.6) is 11.5 Å². The summed E-state index contributed by atoms with van der Waals surface area (Å²) < 4.78 is 10.6. The molecule has 0 aliphatic carbocycles. The number of ether oxygens (including phenoxy) is 2. The van der Waals surface area contributed by atoms with Crippen molar-refractivity contribution in [1.29, 1.82) is 0 Å². The van der Waals surface area contributed by atoms with E-state index in [1.165, 1.54) is 4.90 Å². The van der Waals surface area contributed by atoms with Crippen molar-refractivity contribution in [1.82, 2.24) is 9.88 Å². The Balaban J connectivity index is 1.69. The molecule has 8 nitrogen and oxygen atoms in total. The number of carbonyl (C=O) groups is 2. The zero-order valence-corrected chi connectivity index (χ0v) is 15.6. The summed E-state index contributed by atoms with van der Waals surface area (Å²) in [6.45, 7) is 2.77. The monoisotopic (exact) mass is 370 g/mol. The number of benzene rings is 1. The standard InChI is InChI=1S/C19H22N4O4/c1-13-6-7-20-17(10-13)21-18(24)12-22-8-9-23(19(22)25)15-11-14(26-2)4-5-16(15)27-3/h4-7,10-11H,8-9,12H2,1-3H3,(H,20,21,24). The second-order valence-corrected chi connectivity index (χ2v) is 6.16. The van der Waals surface area contributed by atoms with Crippen LogP contribution in [-0.4, -0.2) is 55.7 Å². The number of aryl methyl sites for hydroxylation is 1. The molecule has 1 aromatic heterocycles. The molecule has 1 saturated heterocycles. The van der Waals surface area contributed by atoms with Crippen molar-refractivity contribution in [2.75, 3.05) is 44.1 Å². The molecule has 3 amide bonds. The molecule has 0 saturated carbocycles. The summed E-state index contributed by atoms with van der Waals surface area (Å²) in [5.41, 5.74) is 1.61. The summed E-state index contributed by atoms with van der Waals surface area (Å²) in [6, 6.07) is 8.63. The molecule has 0 atom stereocenters. The highest BCUT2D eigenvalue weighted by Crippen LogP contribution is 2.34. The maximum Gasteiger partial charge on any atom is 0.325 e. The molecule has 8 heteroatoms. The summed E-state index contributed by atoms with van der Waals surface area (Å²) in [5.74, 6) is 1.37. The number of nitrogens with one attached hydrogen (secondary N) is 1. The zero-order chi connectivity index (χ0) is 19.4. The Bertz CT molecular complexity index is 855. The third kappa shape index (κ3) is 4.11. The van der Waals surface area contributed by atoms with Gasteiger partial charge in [-0.25, -0.2) is 9.78 Å². The quantitative estimate of drug-likeness (QED) is 0.843. The highest BCUT2D eigenvalue weighted by molar-refractivity contribution is 6.00. The van der Waals surface area contributed by atoms with Gasteiger partial charge in [0, 0.05) is 25.4 Å². The summed E-state index contributed by atoms with van der Waals surface area (Å²) >= 11 is 0. The number of hydrogen-bond donors (Lipinski definition) is 1. The van der Waals surface area contributed by atoms with Crippen LogP contribution < -0.4 is 19.7 Å². The van der Waals surface area contributed by atoms with Crippen LogP contribution in [0.1, 0.15) is 5.56 Å². The van der Waals surface area contributed by atoms with Crippen LogP contribution in [0.3, 0.4) is 0 Å². The average Bonchev–Trinajstić information content (AvgIpc) is 3.01. The third-order valence-electron chi connectivity index (χ3n) is 4.29. The summed E-state index contributed by atoms with van der Waals surface area (Å²) in [6.07, 6.45) is 1.63. The van der Waals surface area contributed by atoms with Gasteiger partial charge in [0.2, 0.25) is 5.91 Å². The van der Waals surface area contributed by atoms with Gasteiger partial charge >= 0.3 is 6.03 Å². The Hall–Kier alpha value is -3.29. The van der Waals surface area contributed by atoms with Crippen LogP contribution in [0.25, 0.3) is 0 Å². The lowest BCUT2D eigenvalue weighted by molar-refractivity contribution is -0.116. The molecule has 0 radical (unpaired) electrons. The molecule has 27 heavy (non-hydrogen) atoms. The molecule has 1 fully saturated rings. The smallest absolute Gasteiger partial charge is 0.325 e. The number of carbonyl (C=O) groups excluding carboxylic acids is 2. The van der Waals surface area contributed by atoms with Gasteiger partial charge in [0.05, 0.1) is 19.9 Å². The molecule has 0 spiro atoms. The van der Waals surface area contributed by atoms with Gasteiger partial charge in [-0.2, -0.15) is 0 Å². The second kappa shape index (κ2) is 7.94. The highest BCUT2D eigenvalue weighted by atomic mass is 16.5. The number of amides is 3. The molecular weight excluding hydrogens is 348 g/mol. The first-order chi connectivity index (χ1) is 13.0.